The first-order chi connectivity index (χ1) is 10.1. The van der Waals surface area contributed by atoms with Crippen LogP contribution in [0.4, 0.5) is 0 Å². The Morgan fingerprint density at radius 1 is 1.10 bits per heavy atom. The maximum Gasteiger partial charge on any atom is 0.122 e. The van der Waals surface area contributed by atoms with Crippen LogP contribution < -0.4 is 14.8 Å². The van der Waals surface area contributed by atoms with Crippen molar-refractivity contribution >= 4 is 11.3 Å². The van der Waals surface area contributed by atoms with Gasteiger partial charge in [-0.1, -0.05) is 13.8 Å². The van der Waals surface area contributed by atoms with Gasteiger partial charge in [-0.25, -0.2) is 4.98 Å². The molecule has 0 aliphatic heterocycles. The van der Waals surface area contributed by atoms with E-state index in [1.54, 1.807) is 25.6 Å². The van der Waals surface area contributed by atoms with Gasteiger partial charge in [-0.15, -0.1) is 11.3 Å². The zero-order valence-corrected chi connectivity index (χ0v) is 14.0. The molecule has 2 aromatic rings. The number of nitrogens with zero attached hydrogens (tertiary/aromatic N) is 1. The van der Waals surface area contributed by atoms with Gasteiger partial charge in [0.25, 0.3) is 0 Å². The molecule has 0 bridgehead atoms. The average Bonchev–Trinajstić information content (AvgIpc) is 2.97. The van der Waals surface area contributed by atoms with Crippen molar-refractivity contribution in [2.45, 2.75) is 25.8 Å². The average molecular weight is 306 g/mol. The van der Waals surface area contributed by atoms with Crippen molar-refractivity contribution in [3.63, 3.8) is 0 Å². The zero-order chi connectivity index (χ0) is 15.4. The third-order valence-electron chi connectivity index (χ3n) is 3.37. The molecule has 1 aromatic carbocycles. The highest BCUT2D eigenvalue weighted by molar-refractivity contribution is 7.09. The van der Waals surface area contributed by atoms with Gasteiger partial charge in [0.2, 0.25) is 0 Å². The van der Waals surface area contributed by atoms with E-state index in [0.29, 0.717) is 5.92 Å². The van der Waals surface area contributed by atoms with Gasteiger partial charge in [-0.2, -0.15) is 0 Å². The minimum absolute atomic E-state index is 0.0338. The van der Waals surface area contributed by atoms with E-state index in [4.69, 9.17) is 14.5 Å². The lowest BCUT2D eigenvalue weighted by Crippen LogP contribution is -2.17. The molecule has 4 nitrogen and oxygen atoms in total. The van der Waals surface area contributed by atoms with Crippen LogP contribution in [0.5, 0.6) is 11.5 Å². The van der Waals surface area contributed by atoms with Crippen molar-refractivity contribution in [1.82, 2.24) is 10.3 Å². The Bertz CT molecular complexity index is 573. The summed E-state index contributed by atoms with van der Waals surface area (Å²) in [5.74, 6) is 2.00. The maximum absolute atomic E-state index is 5.35. The van der Waals surface area contributed by atoms with Gasteiger partial charge in [0, 0.05) is 11.4 Å². The Hall–Kier alpha value is -1.59. The lowest BCUT2D eigenvalue weighted by atomic mass is 10.1. The highest BCUT2D eigenvalue weighted by atomic mass is 32.1. The molecule has 0 spiro atoms. The van der Waals surface area contributed by atoms with Crippen LogP contribution in [0.3, 0.4) is 0 Å². The molecule has 1 unspecified atom stereocenters. The van der Waals surface area contributed by atoms with Gasteiger partial charge in [0.05, 0.1) is 26.0 Å². The van der Waals surface area contributed by atoms with Crippen LogP contribution in [0.2, 0.25) is 0 Å². The Labute approximate surface area is 130 Å². The second-order valence-corrected chi connectivity index (χ2v) is 6.02. The summed E-state index contributed by atoms with van der Waals surface area (Å²) in [6.45, 7) is 4.31. The number of rotatable bonds is 6. The van der Waals surface area contributed by atoms with Crippen LogP contribution >= 0.6 is 11.3 Å². The predicted octanol–water partition coefficient (Wildman–Crippen LogP) is 3.59. The van der Waals surface area contributed by atoms with E-state index in [0.717, 1.165) is 27.8 Å². The molecule has 0 aliphatic carbocycles. The SMILES string of the molecule is CNC(c1cc(OC)cc(OC)c1)c1nc(C(C)C)cs1. The monoisotopic (exact) mass is 306 g/mol. The van der Waals surface area contributed by atoms with Crippen molar-refractivity contribution in [2.75, 3.05) is 21.3 Å². The van der Waals surface area contributed by atoms with Crippen LogP contribution in [0.1, 0.15) is 42.1 Å². The highest BCUT2D eigenvalue weighted by Crippen LogP contribution is 2.32. The molecule has 114 valence electrons. The highest BCUT2D eigenvalue weighted by Gasteiger charge is 2.18. The summed E-state index contributed by atoms with van der Waals surface area (Å²) in [5, 5.41) is 6.51. The topological polar surface area (TPSA) is 43.4 Å². The predicted molar refractivity (Wildman–Crippen MR) is 86.7 cm³/mol. The smallest absolute Gasteiger partial charge is 0.122 e. The molecule has 0 amide bonds. The van der Waals surface area contributed by atoms with Gasteiger partial charge in [0.1, 0.15) is 16.5 Å². The number of hydrogen-bond donors (Lipinski definition) is 1. The summed E-state index contributed by atoms with van der Waals surface area (Å²) in [5.41, 5.74) is 2.21. The van der Waals surface area contributed by atoms with Gasteiger partial charge < -0.3 is 14.8 Å². The standard InChI is InChI=1S/C16H22N2O2S/c1-10(2)14-9-21-16(18-14)15(17-3)11-6-12(19-4)8-13(7-11)20-5/h6-10,15,17H,1-5H3. The summed E-state index contributed by atoms with van der Waals surface area (Å²) < 4.78 is 10.7. The van der Waals surface area contributed by atoms with Gasteiger partial charge in [-0.3, -0.25) is 0 Å². The number of hydrogen-bond acceptors (Lipinski definition) is 5. The van der Waals surface area contributed by atoms with Crippen molar-refractivity contribution < 1.29 is 9.47 Å². The van der Waals surface area contributed by atoms with Gasteiger partial charge in [-0.05, 0) is 30.7 Å². The van der Waals surface area contributed by atoms with Crippen molar-refractivity contribution in [1.29, 1.82) is 0 Å². The van der Waals surface area contributed by atoms with E-state index in [2.05, 4.69) is 24.5 Å². The molecule has 0 radical (unpaired) electrons. The number of thiazole rings is 1. The largest absolute Gasteiger partial charge is 0.497 e. The zero-order valence-electron chi connectivity index (χ0n) is 13.1. The van der Waals surface area contributed by atoms with Crippen molar-refractivity contribution in [2.24, 2.45) is 0 Å². The summed E-state index contributed by atoms with van der Waals surface area (Å²) in [4.78, 5) is 4.74. The molecule has 21 heavy (non-hydrogen) atoms. The third-order valence-corrected chi connectivity index (χ3v) is 4.30. The minimum atomic E-state index is 0.0338. The molecule has 0 fully saturated rings. The van der Waals surface area contributed by atoms with Crippen molar-refractivity contribution in [3.05, 3.63) is 39.8 Å². The van der Waals surface area contributed by atoms with E-state index < -0.39 is 0 Å². The first-order valence-corrected chi connectivity index (χ1v) is 7.82. The summed E-state index contributed by atoms with van der Waals surface area (Å²) in [6, 6.07) is 5.93. The van der Waals surface area contributed by atoms with E-state index in [-0.39, 0.29) is 6.04 Å². The molecule has 1 heterocycles. The fraction of sp³-hybridized carbons (Fsp3) is 0.438. The Balaban J connectivity index is 2.40. The lowest BCUT2D eigenvalue weighted by Gasteiger charge is -2.16. The number of nitrogens with one attached hydrogen (secondary N) is 1. The van der Waals surface area contributed by atoms with Crippen LogP contribution in [0.15, 0.2) is 23.6 Å². The molecule has 1 N–H and O–H groups in total. The van der Waals surface area contributed by atoms with Crippen LogP contribution in [-0.2, 0) is 0 Å². The van der Waals surface area contributed by atoms with Crippen LogP contribution in [0.25, 0.3) is 0 Å². The summed E-state index contributed by atoms with van der Waals surface area (Å²) in [6.07, 6.45) is 0. The lowest BCUT2D eigenvalue weighted by molar-refractivity contribution is 0.392. The van der Waals surface area contributed by atoms with Gasteiger partial charge >= 0.3 is 0 Å². The quantitative estimate of drug-likeness (QED) is 0.885. The van der Waals surface area contributed by atoms with E-state index >= 15 is 0 Å². The molecule has 2 rings (SSSR count). The molecule has 0 saturated heterocycles. The molecule has 0 saturated carbocycles. The van der Waals surface area contributed by atoms with E-state index in [9.17, 15) is 0 Å². The van der Waals surface area contributed by atoms with Crippen LogP contribution in [-0.4, -0.2) is 26.3 Å². The fourth-order valence-corrected chi connectivity index (χ4v) is 3.24. The maximum atomic E-state index is 5.35. The number of methoxy groups -OCH3 is 2. The van der Waals surface area contributed by atoms with E-state index in [1.807, 2.05) is 25.2 Å². The molecule has 5 heteroatoms. The van der Waals surface area contributed by atoms with Gasteiger partial charge in [0.15, 0.2) is 0 Å². The normalized spacial score (nSPS) is 12.5. The number of benzene rings is 1. The third kappa shape index (κ3) is 3.54. The first kappa shape index (κ1) is 15.8. The number of aromatic nitrogens is 1. The van der Waals surface area contributed by atoms with E-state index in [1.165, 1.54) is 0 Å². The Kier molecular flexibility index (Phi) is 5.20. The second kappa shape index (κ2) is 6.91. The molecular weight excluding hydrogens is 284 g/mol. The molecular formula is C16H22N2O2S. The minimum Gasteiger partial charge on any atom is -0.497 e. The number of ether oxygens (including phenoxy) is 2. The Morgan fingerprint density at radius 2 is 1.71 bits per heavy atom. The molecule has 1 atom stereocenters. The fourth-order valence-electron chi connectivity index (χ4n) is 2.13. The van der Waals surface area contributed by atoms with Crippen LogP contribution in [0, 0.1) is 0 Å². The summed E-state index contributed by atoms with van der Waals surface area (Å²) >= 11 is 1.68. The summed E-state index contributed by atoms with van der Waals surface area (Å²) in [7, 11) is 5.26. The molecule has 1 aromatic heterocycles. The first-order valence-electron chi connectivity index (χ1n) is 6.94. The molecule has 0 aliphatic rings. The Morgan fingerprint density at radius 3 is 2.14 bits per heavy atom. The second-order valence-electron chi connectivity index (χ2n) is 5.13. The van der Waals surface area contributed by atoms with Crippen molar-refractivity contribution in [3.8, 4) is 11.5 Å².